The number of nitrogens with two attached hydrogens (primary N) is 1. The molecule has 0 unspecified atom stereocenters. The SMILES string of the molecule is CCCCN(CC(N)=O)CC(=O)N(CC)CC. The fourth-order valence-electron chi connectivity index (χ4n) is 1.68. The van der Waals surface area contributed by atoms with E-state index in [1.165, 1.54) is 0 Å². The molecule has 0 rings (SSSR count). The normalized spacial score (nSPS) is 10.6. The van der Waals surface area contributed by atoms with Crippen molar-refractivity contribution in [3.8, 4) is 0 Å². The van der Waals surface area contributed by atoms with E-state index in [1.54, 1.807) is 4.90 Å². The van der Waals surface area contributed by atoms with Crippen LogP contribution in [0.3, 0.4) is 0 Å². The van der Waals surface area contributed by atoms with E-state index in [-0.39, 0.29) is 24.9 Å². The molecule has 2 amide bonds. The quantitative estimate of drug-likeness (QED) is 0.639. The number of likely N-dealkylation sites (N-methyl/N-ethyl adjacent to an activating group) is 1. The lowest BCUT2D eigenvalue weighted by Gasteiger charge is -2.24. The first-order valence-electron chi connectivity index (χ1n) is 6.33. The topological polar surface area (TPSA) is 66.6 Å². The Morgan fingerprint density at radius 3 is 2.06 bits per heavy atom. The molecule has 17 heavy (non-hydrogen) atoms. The lowest BCUT2D eigenvalue weighted by atomic mass is 10.3. The van der Waals surface area contributed by atoms with Crippen LogP contribution in [-0.4, -0.2) is 54.3 Å². The van der Waals surface area contributed by atoms with Gasteiger partial charge in [-0.3, -0.25) is 14.5 Å². The van der Waals surface area contributed by atoms with Crippen molar-refractivity contribution in [1.29, 1.82) is 0 Å². The molecule has 0 fully saturated rings. The summed E-state index contributed by atoms with van der Waals surface area (Å²) in [6.07, 6.45) is 2.01. The highest BCUT2D eigenvalue weighted by Gasteiger charge is 2.16. The van der Waals surface area contributed by atoms with Crippen molar-refractivity contribution in [2.75, 3.05) is 32.7 Å². The molecule has 0 radical (unpaired) electrons. The Labute approximate surface area is 104 Å². The van der Waals surface area contributed by atoms with Crippen LogP contribution >= 0.6 is 0 Å². The van der Waals surface area contributed by atoms with E-state index in [4.69, 9.17) is 5.73 Å². The fourth-order valence-corrected chi connectivity index (χ4v) is 1.68. The second kappa shape index (κ2) is 8.98. The highest BCUT2D eigenvalue weighted by molar-refractivity contribution is 5.80. The summed E-state index contributed by atoms with van der Waals surface area (Å²) in [5.41, 5.74) is 5.18. The summed E-state index contributed by atoms with van der Waals surface area (Å²) in [4.78, 5) is 26.4. The van der Waals surface area contributed by atoms with E-state index >= 15 is 0 Å². The molecule has 0 spiro atoms. The minimum Gasteiger partial charge on any atom is -0.369 e. The maximum absolute atomic E-state index is 11.9. The standard InChI is InChI=1S/C12H25N3O2/c1-4-7-8-14(9-11(13)16)10-12(17)15(5-2)6-3/h4-10H2,1-3H3,(H2,13,16). The summed E-state index contributed by atoms with van der Waals surface area (Å²) in [5.74, 6) is -0.319. The lowest BCUT2D eigenvalue weighted by molar-refractivity contribution is -0.132. The first-order chi connectivity index (χ1) is 8.04. The van der Waals surface area contributed by atoms with Gasteiger partial charge in [-0.2, -0.15) is 0 Å². The van der Waals surface area contributed by atoms with Gasteiger partial charge in [0.2, 0.25) is 11.8 Å². The first kappa shape index (κ1) is 15.9. The number of hydrogen-bond acceptors (Lipinski definition) is 3. The van der Waals surface area contributed by atoms with Crippen LogP contribution in [0.5, 0.6) is 0 Å². The molecule has 0 saturated heterocycles. The minimum absolute atomic E-state index is 0.0624. The molecule has 0 aliphatic rings. The molecule has 0 bridgehead atoms. The zero-order valence-electron chi connectivity index (χ0n) is 11.2. The summed E-state index contributed by atoms with van der Waals surface area (Å²) in [5, 5.41) is 0. The molecule has 0 aliphatic heterocycles. The number of nitrogens with zero attached hydrogens (tertiary/aromatic N) is 2. The van der Waals surface area contributed by atoms with E-state index in [0.717, 1.165) is 19.4 Å². The molecule has 5 nitrogen and oxygen atoms in total. The lowest BCUT2D eigenvalue weighted by Crippen LogP contribution is -2.43. The fraction of sp³-hybridized carbons (Fsp3) is 0.833. The summed E-state index contributed by atoms with van der Waals surface area (Å²) in [7, 11) is 0. The van der Waals surface area contributed by atoms with Crippen LogP contribution in [0, 0.1) is 0 Å². The summed E-state index contributed by atoms with van der Waals surface area (Å²) >= 11 is 0. The smallest absolute Gasteiger partial charge is 0.236 e. The van der Waals surface area contributed by atoms with E-state index in [9.17, 15) is 9.59 Å². The van der Waals surface area contributed by atoms with Crippen molar-refractivity contribution in [1.82, 2.24) is 9.80 Å². The van der Waals surface area contributed by atoms with Gasteiger partial charge < -0.3 is 10.6 Å². The number of carbonyl (C=O) groups excluding carboxylic acids is 2. The van der Waals surface area contributed by atoms with Crippen molar-refractivity contribution < 1.29 is 9.59 Å². The average Bonchev–Trinajstić information content (AvgIpc) is 2.26. The van der Waals surface area contributed by atoms with Gasteiger partial charge in [0.1, 0.15) is 0 Å². The third-order valence-corrected chi connectivity index (χ3v) is 2.68. The molecular weight excluding hydrogens is 218 g/mol. The van der Waals surface area contributed by atoms with Crippen LogP contribution in [0.15, 0.2) is 0 Å². The van der Waals surface area contributed by atoms with Crippen molar-refractivity contribution in [3.63, 3.8) is 0 Å². The Balaban J connectivity index is 4.29. The molecule has 0 heterocycles. The number of hydrogen-bond donors (Lipinski definition) is 1. The average molecular weight is 243 g/mol. The van der Waals surface area contributed by atoms with E-state index in [2.05, 4.69) is 6.92 Å². The van der Waals surface area contributed by atoms with Gasteiger partial charge in [-0.15, -0.1) is 0 Å². The van der Waals surface area contributed by atoms with Gasteiger partial charge in [-0.25, -0.2) is 0 Å². The third kappa shape index (κ3) is 6.94. The molecule has 0 aromatic rings. The van der Waals surface area contributed by atoms with Crippen molar-refractivity contribution in [2.45, 2.75) is 33.6 Å². The highest BCUT2D eigenvalue weighted by Crippen LogP contribution is 1.98. The second-order valence-corrected chi connectivity index (χ2v) is 4.10. The van der Waals surface area contributed by atoms with Gasteiger partial charge in [0.15, 0.2) is 0 Å². The zero-order valence-corrected chi connectivity index (χ0v) is 11.2. The third-order valence-electron chi connectivity index (χ3n) is 2.68. The summed E-state index contributed by atoms with van der Waals surface area (Å²) in [6.45, 7) is 8.57. The molecule has 0 atom stereocenters. The highest BCUT2D eigenvalue weighted by atomic mass is 16.2. The molecule has 0 aliphatic carbocycles. The Morgan fingerprint density at radius 1 is 1.06 bits per heavy atom. The monoisotopic (exact) mass is 243 g/mol. The van der Waals surface area contributed by atoms with Gasteiger partial charge >= 0.3 is 0 Å². The van der Waals surface area contributed by atoms with E-state index in [0.29, 0.717) is 13.1 Å². The van der Waals surface area contributed by atoms with Gasteiger partial charge in [0.05, 0.1) is 13.1 Å². The Bertz CT molecular complexity index is 240. The van der Waals surface area contributed by atoms with Crippen LogP contribution in [-0.2, 0) is 9.59 Å². The first-order valence-corrected chi connectivity index (χ1v) is 6.33. The Morgan fingerprint density at radius 2 is 1.65 bits per heavy atom. The van der Waals surface area contributed by atoms with Crippen LogP contribution in [0.4, 0.5) is 0 Å². The van der Waals surface area contributed by atoms with Gasteiger partial charge in [-0.05, 0) is 26.8 Å². The van der Waals surface area contributed by atoms with Gasteiger partial charge in [0.25, 0.3) is 0 Å². The number of amides is 2. The number of carbonyl (C=O) groups is 2. The molecular formula is C12H25N3O2. The second-order valence-electron chi connectivity index (χ2n) is 4.10. The van der Waals surface area contributed by atoms with Crippen LogP contribution in [0.25, 0.3) is 0 Å². The predicted molar refractivity (Wildman–Crippen MR) is 68.5 cm³/mol. The Hall–Kier alpha value is -1.10. The van der Waals surface area contributed by atoms with Crippen LogP contribution in [0.2, 0.25) is 0 Å². The molecule has 2 N–H and O–H groups in total. The molecule has 0 aromatic heterocycles. The maximum atomic E-state index is 11.9. The molecule has 0 saturated carbocycles. The molecule has 5 heteroatoms. The number of unbranched alkanes of at least 4 members (excludes halogenated alkanes) is 1. The summed E-state index contributed by atoms with van der Waals surface area (Å²) < 4.78 is 0. The molecule has 100 valence electrons. The zero-order chi connectivity index (χ0) is 13.3. The minimum atomic E-state index is -0.381. The number of primary amides is 1. The van der Waals surface area contributed by atoms with Crippen LogP contribution in [0.1, 0.15) is 33.6 Å². The van der Waals surface area contributed by atoms with Crippen molar-refractivity contribution in [3.05, 3.63) is 0 Å². The molecule has 0 aromatic carbocycles. The van der Waals surface area contributed by atoms with Crippen LogP contribution < -0.4 is 5.73 Å². The number of rotatable bonds is 9. The van der Waals surface area contributed by atoms with E-state index < -0.39 is 0 Å². The van der Waals surface area contributed by atoms with E-state index in [1.807, 2.05) is 18.7 Å². The van der Waals surface area contributed by atoms with Crippen molar-refractivity contribution in [2.24, 2.45) is 5.73 Å². The maximum Gasteiger partial charge on any atom is 0.236 e. The predicted octanol–water partition coefficient (Wildman–Crippen LogP) is 0.442. The van der Waals surface area contributed by atoms with Gasteiger partial charge in [0, 0.05) is 13.1 Å². The van der Waals surface area contributed by atoms with Crippen molar-refractivity contribution >= 4 is 11.8 Å². The largest absolute Gasteiger partial charge is 0.369 e. The summed E-state index contributed by atoms with van der Waals surface area (Å²) in [6, 6.07) is 0. The van der Waals surface area contributed by atoms with Gasteiger partial charge in [-0.1, -0.05) is 13.3 Å². The Kier molecular flexibility index (Phi) is 8.40.